The lowest BCUT2D eigenvalue weighted by molar-refractivity contribution is -0.121. The summed E-state index contributed by atoms with van der Waals surface area (Å²) in [5.41, 5.74) is 0.831. The van der Waals surface area contributed by atoms with Crippen LogP contribution in [0.1, 0.15) is 31.4 Å². The summed E-state index contributed by atoms with van der Waals surface area (Å²) < 4.78 is 18.9. The lowest BCUT2D eigenvalue weighted by Crippen LogP contribution is -2.33. The molecule has 25 heavy (non-hydrogen) atoms. The molecule has 1 saturated heterocycles. The minimum absolute atomic E-state index is 0.0112. The van der Waals surface area contributed by atoms with Gasteiger partial charge in [0, 0.05) is 24.6 Å². The van der Waals surface area contributed by atoms with Crippen molar-refractivity contribution < 1.29 is 13.7 Å². The van der Waals surface area contributed by atoms with Crippen molar-refractivity contribution in [2.75, 3.05) is 20.1 Å². The number of halogens is 1. The molecule has 0 aliphatic carbocycles. The Balaban J connectivity index is 1.46. The molecule has 134 valence electrons. The Kier molecular flexibility index (Phi) is 5.81. The summed E-state index contributed by atoms with van der Waals surface area (Å²) in [6.45, 7) is 2.49. The SMILES string of the molecule is CN1CCCC(CCC(=O)NCc2cc(-c3ccccc3F)no2)C1. The molecule has 1 aliphatic heterocycles. The number of likely N-dealkylation sites (tertiary alicyclic amines) is 1. The van der Waals surface area contributed by atoms with Gasteiger partial charge in [-0.2, -0.15) is 0 Å². The highest BCUT2D eigenvalue weighted by atomic mass is 19.1. The third kappa shape index (κ3) is 4.89. The van der Waals surface area contributed by atoms with Crippen molar-refractivity contribution in [2.24, 2.45) is 5.92 Å². The van der Waals surface area contributed by atoms with Gasteiger partial charge in [0.05, 0.1) is 6.54 Å². The first-order valence-electron chi connectivity index (χ1n) is 8.77. The normalized spacial score (nSPS) is 18.2. The lowest BCUT2D eigenvalue weighted by atomic mass is 9.93. The highest BCUT2D eigenvalue weighted by molar-refractivity contribution is 5.75. The van der Waals surface area contributed by atoms with Gasteiger partial charge in [-0.3, -0.25) is 4.79 Å². The van der Waals surface area contributed by atoms with Crippen molar-refractivity contribution in [3.63, 3.8) is 0 Å². The number of nitrogens with zero attached hydrogens (tertiary/aromatic N) is 2. The highest BCUT2D eigenvalue weighted by Gasteiger charge is 2.18. The zero-order valence-electron chi connectivity index (χ0n) is 14.5. The van der Waals surface area contributed by atoms with Gasteiger partial charge in [0.25, 0.3) is 0 Å². The maximum Gasteiger partial charge on any atom is 0.220 e. The lowest BCUT2D eigenvalue weighted by Gasteiger charge is -2.29. The molecule has 5 nitrogen and oxygen atoms in total. The van der Waals surface area contributed by atoms with E-state index < -0.39 is 0 Å². The summed E-state index contributed by atoms with van der Waals surface area (Å²) in [6, 6.07) is 8.07. The van der Waals surface area contributed by atoms with Gasteiger partial charge in [-0.25, -0.2) is 4.39 Å². The zero-order valence-corrected chi connectivity index (χ0v) is 14.5. The molecule has 1 aromatic heterocycles. The van der Waals surface area contributed by atoms with Crippen LogP contribution in [0.3, 0.4) is 0 Å². The van der Waals surface area contributed by atoms with Crippen molar-refractivity contribution in [3.05, 3.63) is 41.9 Å². The molecule has 2 heterocycles. The number of hydrogen-bond donors (Lipinski definition) is 1. The number of hydrogen-bond acceptors (Lipinski definition) is 4. The van der Waals surface area contributed by atoms with Crippen molar-refractivity contribution >= 4 is 5.91 Å². The van der Waals surface area contributed by atoms with E-state index in [1.807, 2.05) is 0 Å². The summed E-state index contributed by atoms with van der Waals surface area (Å²) in [7, 11) is 2.13. The first-order chi connectivity index (χ1) is 12.1. The van der Waals surface area contributed by atoms with Crippen LogP contribution in [-0.2, 0) is 11.3 Å². The van der Waals surface area contributed by atoms with Crippen molar-refractivity contribution in [1.29, 1.82) is 0 Å². The zero-order chi connectivity index (χ0) is 17.6. The van der Waals surface area contributed by atoms with Crippen LogP contribution in [0.5, 0.6) is 0 Å². The Morgan fingerprint density at radius 1 is 1.44 bits per heavy atom. The van der Waals surface area contributed by atoms with Gasteiger partial charge in [0.2, 0.25) is 5.91 Å². The number of carbonyl (C=O) groups is 1. The largest absolute Gasteiger partial charge is 0.359 e. The summed E-state index contributed by atoms with van der Waals surface area (Å²) >= 11 is 0. The molecule has 1 unspecified atom stereocenters. The van der Waals surface area contributed by atoms with Gasteiger partial charge in [-0.05, 0) is 50.9 Å². The third-order valence-electron chi connectivity index (χ3n) is 4.67. The molecule has 6 heteroatoms. The maximum atomic E-state index is 13.7. The molecule has 1 amide bonds. The number of rotatable bonds is 6. The van der Waals surface area contributed by atoms with Gasteiger partial charge >= 0.3 is 0 Å². The van der Waals surface area contributed by atoms with E-state index in [0.717, 1.165) is 19.5 Å². The Hall–Kier alpha value is -2.21. The van der Waals surface area contributed by atoms with Crippen molar-refractivity contribution in [1.82, 2.24) is 15.4 Å². The smallest absolute Gasteiger partial charge is 0.220 e. The Morgan fingerprint density at radius 3 is 3.08 bits per heavy atom. The number of benzene rings is 1. The summed E-state index contributed by atoms with van der Waals surface area (Å²) in [5.74, 6) is 0.785. The molecule has 1 fully saturated rings. The molecule has 1 atom stereocenters. The summed E-state index contributed by atoms with van der Waals surface area (Å²) in [6.07, 6.45) is 3.84. The molecule has 1 aliphatic rings. The molecule has 1 aromatic carbocycles. The number of piperidine rings is 1. The van der Waals surface area contributed by atoms with Crippen LogP contribution in [0.25, 0.3) is 11.3 Å². The third-order valence-corrected chi connectivity index (χ3v) is 4.67. The van der Waals surface area contributed by atoms with E-state index >= 15 is 0 Å². The number of amides is 1. The molecule has 3 rings (SSSR count). The van der Waals surface area contributed by atoms with E-state index in [1.165, 1.54) is 18.9 Å². The van der Waals surface area contributed by atoms with Crippen LogP contribution >= 0.6 is 0 Å². The second-order valence-corrected chi connectivity index (χ2v) is 6.74. The fraction of sp³-hybridized carbons (Fsp3) is 0.474. The van der Waals surface area contributed by atoms with Crippen LogP contribution in [0, 0.1) is 11.7 Å². The number of carbonyl (C=O) groups excluding carboxylic acids is 1. The topological polar surface area (TPSA) is 58.4 Å². The van der Waals surface area contributed by atoms with E-state index in [0.29, 0.717) is 29.4 Å². The minimum atomic E-state index is -0.344. The quantitative estimate of drug-likeness (QED) is 0.873. The predicted molar refractivity (Wildman–Crippen MR) is 93.2 cm³/mol. The van der Waals surface area contributed by atoms with Gasteiger partial charge in [0.1, 0.15) is 11.5 Å². The number of aromatic nitrogens is 1. The van der Waals surface area contributed by atoms with Crippen LogP contribution < -0.4 is 5.32 Å². The fourth-order valence-corrected chi connectivity index (χ4v) is 3.31. The first-order valence-corrected chi connectivity index (χ1v) is 8.77. The van der Waals surface area contributed by atoms with Crippen LogP contribution in [0.4, 0.5) is 4.39 Å². The molecule has 0 saturated carbocycles. The average molecular weight is 345 g/mol. The predicted octanol–water partition coefficient (Wildman–Crippen LogP) is 3.22. The monoisotopic (exact) mass is 345 g/mol. The molecular weight excluding hydrogens is 321 g/mol. The minimum Gasteiger partial charge on any atom is -0.359 e. The second-order valence-electron chi connectivity index (χ2n) is 6.74. The average Bonchev–Trinajstić information content (AvgIpc) is 3.07. The molecule has 0 bridgehead atoms. The van der Waals surface area contributed by atoms with Gasteiger partial charge in [-0.15, -0.1) is 0 Å². The fourth-order valence-electron chi connectivity index (χ4n) is 3.31. The van der Waals surface area contributed by atoms with E-state index in [2.05, 4.69) is 22.4 Å². The molecule has 0 spiro atoms. The molecule has 2 aromatic rings. The first kappa shape index (κ1) is 17.6. The van der Waals surface area contributed by atoms with Crippen LogP contribution in [0.15, 0.2) is 34.9 Å². The van der Waals surface area contributed by atoms with Gasteiger partial charge < -0.3 is 14.7 Å². The molecule has 0 radical (unpaired) electrons. The van der Waals surface area contributed by atoms with Gasteiger partial charge in [-0.1, -0.05) is 17.3 Å². The Labute approximate surface area is 147 Å². The maximum absolute atomic E-state index is 13.7. The van der Waals surface area contributed by atoms with Crippen molar-refractivity contribution in [2.45, 2.75) is 32.2 Å². The Bertz CT molecular complexity index is 716. The summed E-state index contributed by atoms with van der Waals surface area (Å²) in [5, 5.41) is 6.73. The Morgan fingerprint density at radius 2 is 2.28 bits per heavy atom. The van der Waals surface area contributed by atoms with Gasteiger partial charge in [0.15, 0.2) is 5.76 Å². The van der Waals surface area contributed by atoms with E-state index in [-0.39, 0.29) is 18.3 Å². The van der Waals surface area contributed by atoms with E-state index in [4.69, 9.17) is 4.52 Å². The number of nitrogens with one attached hydrogen (secondary N) is 1. The van der Waals surface area contributed by atoms with Crippen LogP contribution in [0.2, 0.25) is 0 Å². The second kappa shape index (κ2) is 8.25. The standard InChI is InChI=1S/C19H24FN3O2/c1-23-10-4-5-14(13-23)8-9-19(24)21-12-15-11-18(22-25-15)16-6-2-3-7-17(16)20/h2-3,6-7,11,14H,4-5,8-10,12-13H2,1H3,(H,21,24). The highest BCUT2D eigenvalue weighted by Crippen LogP contribution is 2.22. The van der Waals surface area contributed by atoms with Crippen molar-refractivity contribution in [3.8, 4) is 11.3 Å². The van der Waals surface area contributed by atoms with Crippen LogP contribution in [-0.4, -0.2) is 36.1 Å². The summed E-state index contributed by atoms with van der Waals surface area (Å²) in [4.78, 5) is 14.3. The van der Waals surface area contributed by atoms with E-state index in [1.54, 1.807) is 24.3 Å². The molecular formula is C19H24FN3O2. The van der Waals surface area contributed by atoms with E-state index in [9.17, 15) is 9.18 Å². The molecule has 1 N–H and O–H groups in total.